The number of likely N-dealkylation sites (tertiary alicyclic amines) is 2. The van der Waals surface area contributed by atoms with Crippen LogP contribution >= 0.6 is 0 Å². The van der Waals surface area contributed by atoms with E-state index in [1.54, 1.807) is 13.8 Å². The summed E-state index contributed by atoms with van der Waals surface area (Å²) in [5.74, 6) is -0.776. The number of hydrogen-bond donors (Lipinski definition) is 1. The summed E-state index contributed by atoms with van der Waals surface area (Å²) in [6.07, 6.45) is 2.92. The molecule has 6 atom stereocenters. The zero-order valence-corrected chi connectivity index (χ0v) is 21.6. The van der Waals surface area contributed by atoms with Gasteiger partial charge in [0.1, 0.15) is 12.1 Å². The van der Waals surface area contributed by atoms with Gasteiger partial charge in [-0.3, -0.25) is 19.1 Å². The van der Waals surface area contributed by atoms with Crippen LogP contribution in [-0.4, -0.2) is 98.6 Å². The molecule has 0 aromatic heterocycles. The summed E-state index contributed by atoms with van der Waals surface area (Å²) in [7, 11) is -2.84. The number of hydrogen-bond acceptors (Lipinski definition) is 9. The lowest BCUT2D eigenvalue weighted by atomic mass is 9.69. The molecule has 3 rings (SSSR count). The Labute approximate surface area is 207 Å². The molecule has 1 aliphatic carbocycles. The number of piperidine rings is 1. The summed E-state index contributed by atoms with van der Waals surface area (Å²) in [4.78, 5) is 41.0. The number of ether oxygens (including phenoxy) is 3. The fraction of sp³-hybridized carbons (Fsp3) is 0.870. The van der Waals surface area contributed by atoms with E-state index in [0.717, 1.165) is 19.3 Å². The normalized spacial score (nSPS) is 31.5. The second kappa shape index (κ2) is 11.9. The third-order valence-electron chi connectivity index (χ3n) is 7.54. The molecule has 2 heterocycles. The standard InChI is InChI=1S/C23H38N2O9S/c1-4-33-21(26)19-9-16(14-35(29,30)31)12-24(19)11-15-6-7-17-13-25(23(28)32-3)20(10-18(17)8-15)22(27)34-5-2/h15-20H,4-14H2,1-3H3,(H,29,30,31). The third kappa shape index (κ3) is 7.07. The van der Waals surface area contributed by atoms with Gasteiger partial charge in [0.2, 0.25) is 0 Å². The minimum atomic E-state index is -4.14. The molecule has 1 N–H and O–H groups in total. The van der Waals surface area contributed by atoms with Gasteiger partial charge >= 0.3 is 18.0 Å². The SMILES string of the molecule is CCOC(=O)C1CC(CS(=O)(=O)O)CN1CC1CCC2CN(C(=O)OC)C(C(=O)OCC)CC2C1. The molecule has 3 aliphatic rings. The van der Waals surface area contributed by atoms with Gasteiger partial charge < -0.3 is 14.2 Å². The molecule has 11 nitrogen and oxygen atoms in total. The van der Waals surface area contributed by atoms with Crippen molar-refractivity contribution in [2.45, 2.75) is 58.0 Å². The van der Waals surface area contributed by atoms with Gasteiger partial charge in [-0.1, -0.05) is 0 Å². The van der Waals surface area contributed by atoms with Crippen LogP contribution in [0.5, 0.6) is 0 Å². The van der Waals surface area contributed by atoms with Crippen LogP contribution in [-0.2, 0) is 33.9 Å². The van der Waals surface area contributed by atoms with Crippen molar-refractivity contribution >= 4 is 28.1 Å². The second-order valence-corrected chi connectivity index (χ2v) is 11.4. The molecule has 0 aromatic rings. The van der Waals surface area contributed by atoms with Gasteiger partial charge in [-0.15, -0.1) is 0 Å². The maximum absolute atomic E-state index is 12.6. The predicted octanol–water partition coefficient (Wildman–Crippen LogP) is 1.56. The monoisotopic (exact) mass is 518 g/mol. The quantitative estimate of drug-likeness (QED) is 0.286. The van der Waals surface area contributed by atoms with Crippen molar-refractivity contribution < 1.29 is 41.6 Å². The Balaban J connectivity index is 1.68. The molecule has 35 heavy (non-hydrogen) atoms. The highest BCUT2D eigenvalue weighted by Gasteiger charge is 2.46. The summed E-state index contributed by atoms with van der Waals surface area (Å²) in [6, 6.07) is -1.21. The van der Waals surface area contributed by atoms with E-state index in [1.165, 1.54) is 12.0 Å². The van der Waals surface area contributed by atoms with E-state index in [2.05, 4.69) is 0 Å². The van der Waals surface area contributed by atoms with Crippen molar-refractivity contribution in [2.24, 2.45) is 23.7 Å². The van der Waals surface area contributed by atoms with Crippen LogP contribution in [0.3, 0.4) is 0 Å². The number of fused-ring (bicyclic) bond motifs is 1. The van der Waals surface area contributed by atoms with Gasteiger partial charge in [-0.2, -0.15) is 8.42 Å². The first kappa shape index (κ1) is 27.7. The van der Waals surface area contributed by atoms with Crippen LogP contribution < -0.4 is 0 Å². The highest BCUT2D eigenvalue weighted by Crippen LogP contribution is 2.42. The molecule has 2 aliphatic heterocycles. The number of rotatable bonds is 8. The zero-order valence-electron chi connectivity index (χ0n) is 20.8. The Morgan fingerprint density at radius 3 is 2.14 bits per heavy atom. The Kier molecular flexibility index (Phi) is 9.39. The lowest BCUT2D eigenvalue weighted by molar-refractivity contribution is -0.153. The lowest BCUT2D eigenvalue weighted by Crippen LogP contribution is -2.55. The second-order valence-electron chi connectivity index (χ2n) is 9.90. The first-order valence-corrected chi connectivity index (χ1v) is 14.0. The average Bonchev–Trinajstić information content (AvgIpc) is 3.18. The molecule has 2 saturated heterocycles. The summed E-state index contributed by atoms with van der Waals surface area (Å²) >= 11 is 0. The molecular weight excluding hydrogens is 480 g/mol. The minimum Gasteiger partial charge on any atom is -0.465 e. The molecule has 0 spiro atoms. The number of amides is 1. The molecule has 0 radical (unpaired) electrons. The molecule has 1 saturated carbocycles. The Hall–Kier alpha value is -1.92. The Bertz CT molecular complexity index is 880. The van der Waals surface area contributed by atoms with Crippen molar-refractivity contribution in [3.63, 3.8) is 0 Å². The van der Waals surface area contributed by atoms with Crippen molar-refractivity contribution in [1.29, 1.82) is 0 Å². The van der Waals surface area contributed by atoms with Crippen molar-refractivity contribution in [2.75, 3.05) is 45.7 Å². The van der Waals surface area contributed by atoms with E-state index in [-0.39, 0.29) is 48.6 Å². The van der Waals surface area contributed by atoms with E-state index >= 15 is 0 Å². The molecule has 12 heteroatoms. The van der Waals surface area contributed by atoms with Crippen LogP contribution in [0.4, 0.5) is 4.79 Å². The number of carbonyl (C=O) groups is 3. The Morgan fingerprint density at radius 1 is 0.886 bits per heavy atom. The van der Waals surface area contributed by atoms with E-state index < -0.39 is 34.3 Å². The fourth-order valence-corrected chi connectivity index (χ4v) is 6.96. The Morgan fingerprint density at radius 2 is 1.54 bits per heavy atom. The van der Waals surface area contributed by atoms with Gasteiger partial charge in [0, 0.05) is 19.6 Å². The minimum absolute atomic E-state index is 0.223. The van der Waals surface area contributed by atoms with Gasteiger partial charge in [-0.05, 0) is 69.6 Å². The number of carbonyl (C=O) groups excluding carboxylic acids is 3. The number of esters is 2. The highest BCUT2D eigenvalue weighted by molar-refractivity contribution is 7.85. The van der Waals surface area contributed by atoms with Gasteiger partial charge in [0.25, 0.3) is 10.1 Å². The van der Waals surface area contributed by atoms with Crippen molar-refractivity contribution in [3.8, 4) is 0 Å². The van der Waals surface area contributed by atoms with Crippen LogP contribution in [0, 0.1) is 23.7 Å². The molecular formula is C23H38N2O9S. The van der Waals surface area contributed by atoms with Crippen LogP contribution in [0.15, 0.2) is 0 Å². The topological polar surface area (TPSA) is 140 Å². The highest BCUT2D eigenvalue weighted by atomic mass is 32.2. The van der Waals surface area contributed by atoms with E-state index in [4.69, 9.17) is 14.2 Å². The number of nitrogens with zero attached hydrogens (tertiary/aromatic N) is 2. The van der Waals surface area contributed by atoms with Crippen molar-refractivity contribution in [1.82, 2.24) is 9.80 Å². The first-order valence-electron chi connectivity index (χ1n) is 12.4. The van der Waals surface area contributed by atoms with E-state index in [0.29, 0.717) is 32.5 Å². The smallest absolute Gasteiger partial charge is 0.410 e. The summed E-state index contributed by atoms with van der Waals surface area (Å²) in [5.41, 5.74) is 0. The van der Waals surface area contributed by atoms with Gasteiger partial charge in [0.05, 0.1) is 26.1 Å². The molecule has 1 amide bonds. The first-order chi connectivity index (χ1) is 16.6. The van der Waals surface area contributed by atoms with Gasteiger partial charge in [-0.25, -0.2) is 9.59 Å². The van der Waals surface area contributed by atoms with E-state index in [1.807, 2.05) is 4.90 Å². The largest absolute Gasteiger partial charge is 0.465 e. The molecule has 0 bridgehead atoms. The maximum Gasteiger partial charge on any atom is 0.410 e. The molecule has 3 fully saturated rings. The summed E-state index contributed by atoms with van der Waals surface area (Å²) in [5, 5.41) is 0. The molecule has 0 aromatic carbocycles. The summed E-state index contributed by atoms with van der Waals surface area (Å²) < 4.78 is 47.5. The number of methoxy groups -OCH3 is 1. The van der Waals surface area contributed by atoms with Crippen LogP contribution in [0.1, 0.15) is 46.0 Å². The lowest BCUT2D eigenvalue weighted by Gasteiger charge is -2.46. The maximum atomic E-state index is 12.6. The van der Waals surface area contributed by atoms with Crippen LogP contribution in [0.25, 0.3) is 0 Å². The van der Waals surface area contributed by atoms with E-state index in [9.17, 15) is 27.4 Å². The average molecular weight is 519 g/mol. The fourth-order valence-electron chi connectivity index (χ4n) is 6.13. The molecule has 6 unspecified atom stereocenters. The van der Waals surface area contributed by atoms with Gasteiger partial charge in [0.15, 0.2) is 0 Å². The zero-order chi connectivity index (χ0) is 25.8. The molecule has 200 valence electrons. The predicted molar refractivity (Wildman–Crippen MR) is 125 cm³/mol. The summed E-state index contributed by atoms with van der Waals surface area (Å²) in [6.45, 7) is 5.39. The van der Waals surface area contributed by atoms with Crippen LogP contribution in [0.2, 0.25) is 0 Å². The van der Waals surface area contributed by atoms with Crippen molar-refractivity contribution in [3.05, 3.63) is 0 Å². The third-order valence-corrected chi connectivity index (χ3v) is 8.43.